The molecule has 0 spiro atoms. The van der Waals surface area contributed by atoms with Gasteiger partial charge in [-0.1, -0.05) is 44.2 Å². The van der Waals surface area contributed by atoms with Gasteiger partial charge in [0.25, 0.3) is 11.5 Å². The van der Waals surface area contributed by atoms with Crippen LogP contribution in [-0.2, 0) is 0 Å². The number of nitrogens with one attached hydrogen (secondary N) is 3. The Morgan fingerprint density at radius 3 is 2.52 bits per heavy atom. The lowest BCUT2D eigenvalue weighted by molar-refractivity contribution is 0.0951. The maximum absolute atomic E-state index is 12.9. The first-order valence-corrected chi connectivity index (χ1v) is 11.8. The molecule has 172 valence electrons. The number of hydrogen-bond acceptors (Lipinski definition) is 4. The van der Waals surface area contributed by atoms with Crippen molar-refractivity contribution in [2.75, 3.05) is 31.5 Å². The van der Waals surface area contributed by atoms with Gasteiger partial charge in [-0.3, -0.25) is 9.59 Å². The normalized spacial score (nSPS) is 16.9. The van der Waals surface area contributed by atoms with E-state index in [0.717, 1.165) is 42.9 Å². The highest BCUT2D eigenvalue weighted by atomic mass is 16.1. The molecular weight excluding hydrogens is 412 g/mol. The second kappa shape index (κ2) is 10.5. The number of aromatic nitrogens is 1. The second-order valence-electron chi connectivity index (χ2n) is 8.40. The van der Waals surface area contributed by atoms with Crippen LogP contribution >= 0.6 is 0 Å². The molecule has 2 atom stereocenters. The molecule has 1 aliphatic rings. The van der Waals surface area contributed by atoms with Crippen LogP contribution in [0, 0.1) is 0 Å². The zero-order valence-corrected chi connectivity index (χ0v) is 19.3. The summed E-state index contributed by atoms with van der Waals surface area (Å²) in [5.74, 6) is -0.134. The first kappa shape index (κ1) is 22.8. The van der Waals surface area contributed by atoms with Crippen LogP contribution in [0.15, 0.2) is 71.7 Å². The molecule has 6 heteroatoms. The van der Waals surface area contributed by atoms with E-state index in [1.165, 1.54) is 0 Å². The van der Waals surface area contributed by atoms with Crippen LogP contribution in [0.2, 0.25) is 0 Å². The summed E-state index contributed by atoms with van der Waals surface area (Å²) in [6, 6.07) is 19.4. The number of anilines is 1. The number of hydrogen-bond donors (Lipinski definition) is 3. The van der Waals surface area contributed by atoms with Gasteiger partial charge in [-0.05, 0) is 67.5 Å². The average molecular weight is 445 g/mol. The molecule has 1 amide bonds. The van der Waals surface area contributed by atoms with Crippen molar-refractivity contribution in [3.63, 3.8) is 0 Å². The van der Waals surface area contributed by atoms with E-state index in [0.29, 0.717) is 17.7 Å². The predicted molar refractivity (Wildman–Crippen MR) is 133 cm³/mol. The molecule has 0 fully saturated rings. The number of rotatable bonds is 9. The predicted octanol–water partition coefficient (Wildman–Crippen LogP) is 4.14. The van der Waals surface area contributed by atoms with Gasteiger partial charge in [0.2, 0.25) is 0 Å². The van der Waals surface area contributed by atoms with Gasteiger partial charge in [-0.15, -0.1) is 0 Å². The number of nitrogens with zero attached hydrogens (tertiary/aromatic N) is 1. The third kappa shape index (κ3) is 5.01. The summed E-state index contributed by atoms with van der Waals surface area (Å²) in [6.07, 6.45) is 2.57. The standard InChI is InChI=1S/C27H32N4O2/c1-3-31(4-2)17-9-16-28-26(32)20-13-14-23-22(18-20)24(19-10-6-5-7-11-19)25(30-23)21-12-8-15-29-27(21)33/h5-8,10-15,18,24-25,30H,3-4,9,16-17H2,1-2H3,(H,28,32)(H,29,33). The van der Waals surface area contributed by atoms with Gasteiger partial charge in [0.1, 0.15) is 0 Å². The molecule has 6 nitrogen and oxygen atoms in total. The summed E-state index contributed by atoms with van der Waals surface area (Å²) in [5.41, 5.74) is 4.32. The summed E-state index contributed by atoms with van der Waals surface area (Å²) in [6.45, 7) is 7.98. The monoisotopic (exact) mass is 444 g/mol. The van der Waals surface area contributed by atoms with Crippen molar-refractivity contribution in [1.29, 1.82) is 0 Å². The zero-order chi connectivity index (χ0) is 23.2. The number of benzene rings is 2. The van der Waals surface area contributed by atoms with Crippen molar-refractivity contribution < 1.29 is 4.79 Å². The minimum absolute atomic E-state index is 0.0647. The van der Waals surface area contributed by atoms with E-state index in [1.54, 1.807) is 6.20 Å². The Hall–Kier alpha value is -3.38. The lowest BCUT2D eigenvalue weighted by Crippen LogP contribution is -2.29. The molecule has 0 radical (unpaired) electrons. The molecule has 2 heterocycles. The topological polar surface area (TPSA) is 77.2 Å². The molecule has 4 rings (SSSR count). The van der Waals surface area contributed by atoms with Crippen LogP contribution in [0.1, 0.15) is 59.3 Å². The van der Waals surface area contributed by atoms with E-state index < -0.39 is 0 Å². The van der Waals surface area contributed by atoms with Crippen LogP contribution in [-0.4, -0.2) is 42.0 Å². The number of carbonyl (C=O) groups excluding carboxylic acids is 1. The molecule has 2 unspecified atom stereocenters. The highest BCUT2D eigenvalue weighted by molar-refractivity contribution is 5.95. The van der Waals surface area contributed by atoms with E-state index in [-0.39, 0.29) is 23.4 Å². The molecule has 0 saturated carbocycles. The molecule has 0 bridgehead atoms. The molecular formula is C27H32N4O2. The number of aromatic amines is 1. The van der Waals surface area contributed by atoms with E-state index >= 15 is 0 Å². The number of fused-ring (bicyclic) bond motifs is 1. The van der Waals surface area contributed by atoms with Crippen molar-refractivity contribution in [3.05, 3.63) is 99.5 Å². The Balaban J connectivity index is 1.57. The third-order valence-electron chi connectivity index (χ3n) is 6.47. The van der Waals surface area contributed by atoms with Crippen LogP contribution in [0.25, 0.3) is 0 Å². The lowest BCUT2D eigenvalue weighted by Gasteiger charge is -2.21. The highest BCUT2D eigenvalue weighted by Gasteiger charge is 2.36. The summed E-state index contributed by atoms with van der Waals surface area (Å²) < 4.78 is 0. The molecule has 1 aliphatic heterocycles. The first-order chi connectivity index (χ1) is 16.1. The van der Waals surface area contributed by atoms with E-state index in [2.05, 4.69) is 46.5 Å². The SMILES string of the molecule is CCN(CC)CCCNC(=O)c1ccc2c(c1)C(c1ccccc1)C(c1ccc[nH]c1=O)N2. The van der Waals surface area contributed by atoms with Gasteiger partial charge in [0, 0.05) is 35.5 Å². The Labute approximate surface area is 195 Å². The fourth-order valence-electron chi connectivity index (χ4n) is 4.64. The van der Waals surface area contributed by atoms with Gasteiger partial charge >= 0.3 is 0 Å². The minimum atomic E-state index is -0.209. The highest BCUT2D eigenvalue weighted by Crippen LogP contribution is 2.47. The van der Waals surface area contributed by atoms with Crippen LogP contribution in [0.5, 0.6) is 0 Å². The minimum Gasteiger partial charge on any atom is -0.377 e. The summed E-state index contributed by atoms with van der Waals surface area (Å²) in [5, 5.41) is 6.59. The van der Waals surface area contributed by atoms with Crippen LogP contribution in [0.4, 0.5) is 5.69 Å². The molecule has 3 aromatic rings. The third-order valence-corrected chi connectivity index (χ3v) is 6.47. The lowest BCUT2D eigenvalue weighted by atomic mass is 9.84. The maximum Gasteiger partial charge on any atom is 0.253 e. The summed E-state index contributed by atoms with van der Waals surface area (Å²) >= 11 is 0. The molecule has 2 aromatic carbocycles. The van der Waals surface area contributed by atoms with E-state index in [4.69, 9.17) is 0 Å². The Morgan fingerprint density at radius 2 is 1.79 bits per heavy atom. The number of amides is 1. The summed E-state index contributed by atoms with van der Waals surface area (Å²) in [4.78, 5) is 30.6. The largest absolute Gasteiger partial charge is 0.377 e. The van der Waals surface area contributed by atoms with Crippen LogP contribution < -0.4 is 16.2 Å². The first-order valence-electron chi connectivity index (χ1n) is 11.8. The van der Waals surface area contributed by atoms with Gasteiger partial charge in [0.05, 0.1) is 6.04 Å². The Bertz CT molecular complexity index is 1140. The van der Waals surface area contributed by atoms with Gasteiger partial charge in [-0.25, -0.2) is 0 Å². The Kier molecular flexibility index (Phi) is 7.25. The van der Waals surface area contributed by atoms with Crippen LogP contribution in [0.3, 0.4) is 0 Å². The van der Waals surface area contributed by atoms with E-state index in [1.807, 2.05) is 48.5 Å². The zero-order valence-electron chi connectivity index (χ0n) is 19.3. The fourth-order valence-corrected chi connectivity index (χ4v) is 4.64. The maximum atomic E-state index is 12.9. The number of carbonyl (C=O) groups is 1. The molecule has 33 heavy (non-hydrogen) atoms. The molecule has 1 aromatic heterocycles. The van der Waals surface area contributed by atoms with Crippen molar-refractivity contribution in [1.82, 2.24) is 15.2 Å². The fraction of sp³-hybridized carbons (Fsp3) is 0.333. The van der Waals surface area contributed by atoms with Gasteiger partial charge < -0.3 is 20.5 Å². The molecule has 3 N–H and O–H groups in total. The summed E-state index contributed by atoms with van der Waals surface area (Å²) in [7, 11) is 0. The number of H-pyrrole nitrogens is 1. The van der Waals surface area contributed by atoms with Crippen molar-refractivity contribution >= 4 is 11.6 Å². The van der Waals surface area contributed by atoms with E-state index in [9.17, 15) is 9.59 Å². The smallest absolute Gasteiger partial charge is 0.253 e. The average Bonchev–Trinajstić information content (AvgIpc) is 3.23. The second-order valence-corrected chi connectivity index (χ2v) is 8.40. The quantitative estimate of drug-likeness (QED) is 0.434. The van der Waals surface area contributed by atoms with Gasteiger partial charge in [-0.2, -0.15) is 0 Å². The van der Waals surface area contributed by atoms with Crippen molar-refractivity contribution in [2.24, 2.45) is 0 Å². The van der Waals surface area contributed by atoms with Crippen molar-refractivity contribution in [2.45, 2.75) is 32.2 Å². The Morgan fingerprint density at radius 1 is 1.00 bits per heavy atom. The molecule has 0 aliphatic carbocycles. The molecule has 0 saturated heterocycles. The van der Waals surface area contributed by atoms with Gasteiger partial charge in [0.15, 0.2) is 0 Å². The van der Waals surface area contributed by atoms with Crippen molar-refractivity contribution in [3.8, 4) is 0 Å². The number of pyridine rings is 1.